The van der Waals surface area contributed by atoms with Crippen LogP contribution in [0.4, 0.5) is 0 Å². The van der Waals surface area contributed by atoms with Crippen LogP contribution in [0.1, 0.15) is 19.4 Å². The normalized spacial score (nSPS) is 26.0. The Morgan fingerprint density at radius 1 is 1.00 bits per heavy atom. The van der Waals surface area contributed by atoms with E-state index in [1.165, 1.54) is 13.8 Å². The molecular formula is C19H27NO10S3. The number of amides is 1. The fourth-order valence-corrected chi connectivity index (χ4v) is 5.09. The maximum Gasteiger partial charge on any atom is 0.264 e. The Balaban J connectivity index is 2.46. The summed E-state index contributed by atoms with van der Waals surface area (Å²) < 4.78 is 70.0. The maximum absolute atomic E-state index is 12.0. The smallest absolute Gasteiger partial charge is 0.264 e. The Hall–Kier alpha value is -1.55. The molecule has 14 heteroatoms. The topological polar surface area (TPSA) is 151 Å². The van der Waals surface area contributed by atoms with Crippen molar-refractivity contribution in [3.05, 3.63) is 35.9 Å². The zero-order valence-corrected chi connectivity index (χ0v) is 20.9. The molecule has 33 heavy (non-hydrogen) atoms. The van der Waals surface area contributed by atoms with Gasteiger partial charge < -0.3 is 14.8 Å². The van der Waals surface area contributed by atoms with E-state index in [2.05, 4.69) is 5.32 Å². The molecule has 0 bridgehead atoms. The summed E-state index contributed by atoms with van der Waals surface area (Å²) in [5.41, 5.74) is 0.771. The summed E-state index contributed by atoms with van der Waals surface area (Å²) in [7, 11) is -8.25. The van der Waals surface area contributed by atoms with Crippen molar-refractivity contribution in [2.45, 2.75) is 51.1 Å². The first-order valence-electron chi connectivity index (χ1n) is 9.73. The number of thioether (sulfide) groups is 1. The monoisotopic (exact) mass is 525 g/mol. The van der Waals surface area contributed by atoms with Crippen molar-refractivity contribution < 1.29 is 44.3 Å². The van der Waals surface area contributed by atoms with Crippen molar-refractivity contribution in [3.8, 4) is 0 Å². The van der Waals surface area contributed by atoms with Crippen molar-refractivity contribution in [2.75, 3.05) is 18.3 Å². The van der Waals surface area contributed by atoms with E-state index in [0.717, 1.165) is 29.8 Å². The number of hydrogen-bond acceptors (Lipinski definition) is 11. The van der Waals surface area contributed by atoms with Gasteiger partial charge in [0, 0.05) is 19.6 Å². The van der Waals surface area contributed by atoms with Gasteiger partial charge in [0.25, 0.3) is 20.2 Å². The molecule has 1 N–H and O–H groups in total. The number of rotatable bonds is 10. The number of carbonyl (C=O) groups is 2. The summed E-state index contributed by atoms with van der Waals surface area (Å²) >= 11 is 0.833. The Morgan fingerprint density at radius 2 is 1.58 bits per heavy atom. The lowest BCUT2D eigenvalue weighted by Crippen LogP contribution is -2.66. The van der Waals surface area contributed by atoms with Gasteiger partial charge in [0.1, 0.15) is 24.4 Å². The van der Waals surface area contributed by atoms with Gasteiger partial charge in [0.05, 0.1) is 19.1 Å². The molecule has 1 amide bonds. The van der Waals surface area contributed by atoms with Crippen molar-refractivity contribution in [3.63, 3.8) is 0 Å². The van der Waals surface area contributed by atoms with Crippen LogP contribution in [0.2, 0.25) is 0 Å². The molecule has 1 heterocycles. The highest BCUT2D eigenvalue weighted by molar-refractivity contribution is 8.13. The Kier molecular flexibility index (Phi) is 9.84. The standard InChI is InChI=1S/C19H27NO10S3/c1-12(21)20-16-18(30-33(4,25)26)17(29-32(3,23)24)15(11-31-13(2)22)28-19(16)27-10-14-8-6-5-7-9-14/h5-9,15-19H,10-11H2,1-4H3,(H,20,21)/t15?,16?,17-,18-,19?/m1/s1. The second-order valence-electron chi connectivity index (χ2n) is 7.40. The minimum atomic E-state index is -4.14. The minimum Gasteiger partial charge on any atom is -0.346 e. The van der Waals surface area contributed by atoms with E-state index in [1.807, 2.05) is 6.07 Å². The molecule has 0 saturated carbocycles. The van der Waals surface area contributed by atoms with Crippen LogP contribution in [0.15, 0.2) is 30.3 Å². The first kappa shape index (κ1) is 27.7. The van der Waals surface area contributed by atoms with E-state index in [9.17, 15) is 26.4 Å². The van der Waals surface area contributed by atoms with Crippen LogP contribution in [-0.2, 0) is 54.3 Å². The summed E-state index contributed by atoms with van der Waals surface area (Å²) in [6, 6.07) is 7.75. The van der Waals surface area contributed by atoms with Gasteiger partial charge in [0.15, 0.2) is 11.4 Å². The van der Waals surface area contributed by atoms with E-state index in [-0.39, 0.29) is 17.5 Å². The quantitative estimate of drug-likeness (QED) is 0.423. The minimum absolute atomic E-state index is 0.0390. The highest BCUT2D eigenvalue weighted by Crippen LogP contribution is 2.31. The third kappa shape index (κ3) is 9.68. The molecule has 3 unspecified atom stereocenters. The summed E-state index contributed by atoms with van der Waals surface area (Å²) in [6.07, 6.45) is -3.81. The average Bonchev–Trinajstić information content (AvgIpc) is 2.67. The lowest BCUT2D eigenvalue weighted by molar-refractivity contribution is -0.253. The molecule has 0 aliphatic carbocycles. The predicted molar refractivity (Wildman–Crippen MR) is 120 cm³/mol. The second kappa shape index (κ2) is 11.7. The van der Waals surface area contributed by atoms with Crippen LogP contribution < -0.4 is 5.32 Å². The van der Waals surface area contributed by atoms with Gasteiger partial charge >= 0.3 is 0 Å². The van der Waals surface area contributed by atoms with E-state index >= 15 is 0 Å². The summed E-state index contributed by atoms with van der Waals surface area (Å²) in [6.45, 7) is 2.54. The summed E-state index contributed by atoms with van der Waals surface area (Å²) in [5, 5.41) is 2.24. The number of carbonyl (C=O) groups excluding carboxylic acids is 2. The van der Waals surface area contributed by atoms with Crippen LogP contribution in [-0.4, -0.2) is 76.8 Å². The fraction of sp³-hybridized carbons (Fsp3) is 0.579. The number of nitrogens with one attached hydrogen (secondary N) is 1. The second-order valence-corrected chi connectivity index (χ2v) is 11.8. The molecule has 186 valence electrons. The van der Waals surface area contributed by atoms with E-state index in [1.54, 1.807) is 24.3 Å². The largest absolute Gasteiger partial charge is 0.346 e. The van der Waals surface area contributed by atoms with Gasteiger partial charge in [-0.2, -0.15) is 16.8 Å². The number of benzene rings is 1. The van der Waals surface area contributed by atoms with E-state index in [0.29, 0.717) is 0 Å². The van der Waals surface area contributed by atoms with Crippen LogP contribution in [0.3, 0.4) is 0 Å². The van der Waals surface area contributed by atoms with Gasteiger partial charge in [-0.25, -0.2) is 0 Å². The first-order chi connectivity index (χ1) is 15.2. The third-order valence-electron chi connectivity index (χ3n) is 4.30. The van der Waals surface area contributed by atoms with Crippen LogP contribution in [0, 0.1) is 0 Å². The Morgan fingerprint density at radius 3 is 2.09 bits per heavy atom. The van der Waals surface area contributed by atoms with Crippen LogP contribution >= 0.6 is 11.8 Å². The zero-order chi connectivity index (χ0) is 24.8. The van der Waals surface area contributed by atoms with Gasteiger partial charge in [-0.15, -0.1) is 0 Å². The van der Waals surface area contributed by atoms with Crippen molar-refractivity contribution >= 4 is 43.0 Å². The van der Waals surface area contributed by atoms with E-state index < -0.39 is 56.8 Å². The number of ether oxygens (including phenoxy) is 2. The molecule has 1 aromatic rings. The highest BCUT2D eigenvalue weighted by Gasteiger charge is 2.51. The SMILES string of the molecule is CC(=O)NC1C(OCc2ccccc2)OC(CSC(C)=O)[C@@H](OS(C)(=O)=O)[C@@H]1OS(C)(=O)=O. The Bertz CT molecular complexity index is 1030. The molecule has 0 aromatic heterocycles. The molecule has 1 aromatic carbocycles. The highest BCUT2D eigenvalue weighted by atomic mass is 32.2. The van der Waals surface area contributed by atoms with Crippen molar-refractivity contribution in [1.82, 2.24) is 5.32 Å². The van der Waals surface area contributed by atoms with Gasteiger partial charge in [0.2, 0.25) is 5.91 Å². The third-order valence-corrected chi connectivity index (χ3v) is 6.34. The predicted octanol–water partition coefficient (Wildman–Crippen LogP) is 0.402. The molecule has 1 aliphatic heterocycles. The van der Waals surface area contributed by atoms with Crippen LogP contribution in [0.5, 0.6) is 0 Å². The molecule has 0 radical (unpaired) electrons. The summed E-state index contributed by atoms with van der Waals surface area (Å²) in [5.74, 6) is -0.634. The fourth-order valence-electron chi connectivity index (χ4n) is 3.15. The maximum atomic E-state index is 12.0. The zero-order valence-electron chi connectivity index (χ0n) is 18.5. The first-order valence-corrected chi connectivity index (χ1v) is 14.3. The summed E-state index contributed by atoms with van der Waals surface area (Å²) in [4.78, 5) is 23.4. The van der Waals surface area contributed by atoms with Gasteiger partial charge in [-0.05, 0) is 5.56 Å². The van der Waals surface area contributed by atoms with Crippen molar-refractivity contribution in [2.24, 2.45) is 0 Å². The average molecular weight is 526 g/mol. The number of hydrogen-bond donors (Lipinski definition) is 1. The lowest BCUT2D eigenvalue weighted by Gasteiger charge is -2.45. The molecular weight excluding hydrogens is 498 g/mol. The van der Waals surface area contributed by atoms with Gasteiger partial charge in [-0.3, -0.25) is 18.0 Å². The molecule has 1 fully saturated rings. The Labute approximate surface area is 197 Å². The van der Waals surface area contributed by atoms with Crippen molar-refractivity contribution in [1.29, 1.82) is 0 Å². The molecule has 2 rings (SSSR count). The van der Waals surface area contributed by atoms with E-state index in [4.69, 9.17) is 17.8 Å². The molecule has 1 aliphatic rings. The molecule has 0 spiro atoms. The molecule has 1 saturated heterocycles. The molecule has 5 atom stereocenters. The van der Waals surface area contributed by atoms with Gasteiger partial charge in [-0.1, -0.05) is 42.1 Å². The van der Waals surface area contributed by atoms with Crippen LogP contribution in [0.25, 0.3) is 0 Å². The lowest BCUT2D eigenvalue weighted by atomic mass is 9.97. The molecule has 11 nitrogen and oxygen atoms in total.